The molecule has 1 unspecified atom stereocenters. The number of carbonyl (C=O) groups excluding carboxylic acids is 1. The monoisotopic (exact) mass is 535 g/mol. The van der Waals surface area contributed by atoms with Crippen LogP contribution >= 0.6 is 0 Å². The van der Waals surface area contributed by atoms with Crippen LogP contribution in [0, 0.1) is 11.3 Å². The fourth-order valence-corrected chi connectivity index (χ4v) is 4.17. The summed E-state index contributed by atoms with van der Waals surface area (Å²) in [5.41, 5.74) is 4.00. The van der Waals surface area contributed by atoms with Crippen molar-refractivity contribution in [1.82, 2.24) is 0 Å². The van der Waals surface area contributed by atoms with Crippen LogP contribution in [0.3, 0.4) is 0 Å². The number of hydrogen-bond donors (Lipinski definition) is 3. The van der Waals surface area contributed by atoms with Crippen molar-refractivity contribution >= 4 is 23.1 Å². The highest BCUT2D eigenvalue weighted by Crippen LogP contribution is 2.33. The number of rotatable bonds is 13. The number of para-hydroxylation sites is 1. The Morgan fingerprint density at radius 1 is 0.925 bits per heavy atom. The Balaban J connectivity index is 1.58. The number of methoxy groups -OCH3 is 1. The molecule has 0 bridgehead atoms. The highest BCUT2D eigenvalue weighted by atomic mass is 16.5. The van der Waals surface area contributed by atoms with Gasteiger partial charge in [0.05, 0.1) is 31.7 Å². The van der Waals surface area contributed by atoms with E-state index in [0.717, 1.165) is 5.56 Å². The third kappa shape index (κ3) is 7.39. The molecule has 0 amide bonds. The third-order valence-corrected chi connectivity index (χ3v) is 6.22. The van der Waals surface area contributed by atoms with Crippen LogP contribution in [0.1, 0.15) is 28.3 Å². The summed E-state index contributed by atoms with van der Waals surface area (Å²) in [4.78, 5) is 24.9. The van der Waals surface area contributed by atoms with E-state index < -0.39 is 12.0 Å². The molecule has 0 heterocycles. The lowest BCUT2D eigenvalue weighted by Crippen LogP contribution is -2.27. The van der Waals surface area contributed by atoms with Crippen molar-refractivity contribution in [2.45, 2.75) is 19.1 Å². The molecule has 0 aromatic heterocycles. The summed E-state index contributed by atoms with van der Waals surface area (Å²) in [6, 6.07) is 30.2. The number of hydrogen-bond acceptors (Lipinski definition) is 7. The van der Waals surface area contributed by atoms with Gasteiger partial charge in [-0.15, -0.1) is 0 Å². The van der Waals surface area contributed by atoms with Crippen molar-refractivity contribution in [3.8, 4) is 17.6 Å². The Morgan fingerprint density at radius 2 is 1.65 bits per heavy atom. The van der Waals surface area contributed by atoms with Crippen molar-refractivity contribution in [2.24, 2.45) is 0 Å². The van der Waals surface area contributed by atoms with Gasteiger partial charge in [-0.3, -0.25) is 9.59 Å². The average molecular weight is 536 g/mol. The van der Waals surface area contributed by atoms with Gasteiger partial charge in [0.2, 0.25) is 0 Å². The molecule has 8 nitrogen and oxygen atoms in total. The molecule has 8 heteroatoms. The zero-order valence-electron chi connectivity index (χ0n) is 22.0. The van der Waals surface area contributed by atoms with Gasteiger partial charge >= 0.3 is 5.97 Å². The normalized spacial score (nSPS) is 11.1. The molecule has 4 aromatic carbocycles. The molecule has 1 atom stereocenters. The molecule has 3 N–H and O–H groups in total. The van der Waals surface area contributed by atoms with Crippen LogP contribution in [0.4, 0.5) is 11.4 Å². The molecule has 0 spiro atoms. The second kappa shape index (κ2) is 13.5. The first-order valence-electron chi connectivity index (χ1n) is 12.6. The first kappa shape index (κ1) is 27.7. The van der Waals surface area contributed by atoms with E-state index in [1.54, 1.807) is 73.8 Å². The van der Waals surface area contributed by atoms with Gasteiger partial charge in [0.1, 0.15) is 12.6 Å². The van der Waals surface area contributed by atoms with Crippen molar-refractivity contribution in [3.05, 3.63) is 119 Å². The number of Topliss-reactive ketones (excluding diaryl/α,β-unsaturated/α-hetero) is 1. The standard InChI is InChI=1S/C32H29N3O5/c1-39-30-17-25(13-16-29(30)40-21-23-7-3-2-4-8-23)32(35-26-14-11-22(19-33)12-15-26)28(36)20-34-27-10-6-5-9-24(27)18-31(37)38/h2-17,32,34-35H,18,20-21H2,1H3,(H,37,38). The summed E-state index contributed by atoms with van der Waals surface area (Å²) in [5.74, 6) is -0.120. The molecular formula is C32H29N3O5. The van der Waals surface area contributed by atoms with Crippen LogP contribution in [0.25, 0.3) is 0 Å². The molecule has 0 aliphatic heterocycles. The summed E-state index contributed by atoms with van der Waals surface area (Å²) >= 11 is 0. The Labute approximate surface area is 232 Å². The van der Waals surface area contributed by atoms with Crippen LogP contribution in [-0.2, 0) is 22.6 Å². The number of ketones is 1. The highest BCUT2D eigenvalue weighted by molar-refractivity contribution is 5.91. The predicted octanol–water partition coefficient (Wildman–Crippen LogP) is 5.61. The number of carbonyl (C=O) groups is 2. The molecule has 0 saturated carbocycles. The molecule has 0 aliphatic carbocycles. The third-order valence-electron chi connectivity index (χ3n) is 6.22. The maximum Gasteiger partial charge on any atom is 0.307 e. The SMILES string of the molecule is COc1cc(C(Nc2ccc(C#N)cc2)C(=O)CNc2ccccc2CC(=O)O)ccc1OCc1ccccc1. The van der Waals surface area contributed by atoms with Crippen molar-refractivity contribution in [1.29, 1.82) is 5.26 Å². The molecule has 40 heavy (non-hydrogen) atoms. The summed E-state index contributed by atoms with van der Waals surface area (Å²) in [6.07, 6.45) is -0.161. The molecule has 4 aromatic rings. The molecule has 0 radical (unpaired) electrons. The smallest absolute Gasteiger partial charge is 0.307 e. The minimum Gasteiger partial charge on any atom is -0.493 e. The van der Waals surface area contributed by atoms with E-state index in [1.165, 1.54) is 0 Å². The number of anilines is 2. The van der Waals surface area contributed by atoms with Gasteiger partial charge in [-0.1, -0.05) is 54.6 Å². The molecule has 0 fully saturated rings. The van der Waals surface area contributed by atoms with E-state index in [1.807, 2.05) is 30.3 Å². The summed E-state index contributed by atoms with van der Waals surface area (Å²) in [7, 11) is 1.54. The Kier molecular flexibility index (Phi) is 9.35. The molecule has 0 aliphatic rings. The van der Waals surface area contributed by atoms with Crippen LogP contribution in [0.2, 0.25) is 0 Å². The van der Waals surface area contributed by atoms with E-state index in [-0.39, 0.29) is 18.7 Å². The number of nitriles is 1. The molecule has 202 valence electrons. The van der Waals surface area contributed by atoms with Crippen LogP contribution < -0.4 is 20.1 Å². The minimum atomic E-state index is -0.956. The zero-order valence-corrected chi connectivity index (χ0v) is 22.0. The van der Waals surface area contributed by atoms with Crippen molar-refractivity contribution in [3.63, 3.8) is 0 Å². The fourth-order valence-electron chi connectivity index (χ4n) is 4.17. The van der Waals surface area contributed by atoms with Gasteiger partial charge in [-0.05, 0) is 59.2 Å². The largest absolute Gasteiger partial charge is 0.493 e. The second-order valence-corrected chi connectivity index (χ2v) is 9.00. The van der Waals surface area contributed by atoms with E-state index in [4.69, 9.17) is 14.7 Å². The second-order valence-electron chi connectivity index (χ2n) is 9.00. The van der Waals surface area contributed by atoms with Gasteiger partial charge in [-0.25, -0.2) is 0 Å². The first-order valence-corrected chi connectivity index (χ1v) is 12.6. The minimum absolute atomic E-state index is 0.0564. The molecule has 4 rings (SSSR count). The van der Waals surface area contributed by atoms with Crippen LogP contribution in [-0.4, -0.2) is 30.5 Å². The van der Waals surface area contributed by atoms with Gasteiger partial charge in [0.25, 0.3) is 0 Å². The van der Waals surface area contributed by atoms with Crippen LogP contribution in [0.15, 0.2) is 97.1 Å². The Hall–Kier alpha value is -5.29. The summed E-state index contributed by atoms with van der Waals surface area (Å²) < 4.78 is 11.6. The Bertz CT molecular complexity index is 1500. The molecule has 0 saturated heterocycles. The number of carboxylic acids is 1. The number of ether oxygens (including phenoxy) is 2. The molecular weight excluding hydrogens is 506 g/mol. The summed E-state index contributed by atoms with van der Waals surface area (Å²) in [6.45, 7) is 0.307. The highest BCUT2D eigenvalue weighted by Gasteiger charge is 2.23. The van der Waals surface area contributed by atoms with E-state index >= 15 is 0 Å². The Morgan fingerprint density at radius 3 is 2.35 bits per heavy atom. The van der Waals surface area contributed by atoms with Crippen molar-refractivity contribution in [2.75, 3.05) is 24.3 Å². The van der Waals surface area contributed by atoms with Crippen molar-refractivity contribution < 1.29 is 24.2 Å². The van der Waals surface area contributed by atoms with Gasteiger partial charge in [0, 0.05) is 11.4 Å². The zero-order chi connectivity index (χ0) is 28.3. The lowest BCUT2D eigenvalue weighted by molar-refractivity contribution is -0.136. The lowest BCUT2D eigenvalue weighted by atomic mass is 10.0. The number of benzene rings is 4. The van der Waals surface area contributed by atoms with E-state index in [9.17, 15) is 14.7 Å². The number of aliphatic carboxylic acids is 1. The topological polar surface area (TPSA) is 121 Å². The number of nitrogens with one attached hydrogen (secondary N) is 2. The lowest BCUT2D eigenvalue weighted by Gasteiger charge is -2.22. The fraction of sp³-hybridized carbons (Fsp3) is 0.156. The predicted molar refractivity (Wildman–Crippen MR) is 153 cm³/mol. The number of nitrogens with zero attached hydrogens (tertiary/aromatic N) is 1. The van der Waals surface area contributed by atoms with Gasteiger partial charge in [-0.2, -0.15) is 5.26 Å². The van der Waals surface area contributed by atoms with Gasteiger partial charge < -0.3 is 25.2 Å². The summed E-state index contributed by atoms with van der Waals surface area (Å²) in [5, 5.41) is 24.7. The quantitative estimate of drug-likeness (QED) is 0.202. The van der Waals surface area contributed by atoms with E-state index in [2.05, 4.69) is 16.7 Å². The number of carboxylic acid groups (broad SMARTS) is 1. The maximum absolute atomic E-state index is 13.6. The average Bonchev–Trinajstić information content (AvgIpc) is 2.98. The van der Waals surface area contributed by atoms with E-state index in [0.29, 0.717) is 46.2 Å². The van der Waals surface area contributed by atoms with Gasteiger partial charge in [0.15, 0.2) is 17.3 Å². The van der Waals surface area contributed by atoms with Crippen LogP contribution in [0.5, 0.6) is 11.5 Å². The maximum atomic E-state index is 13.6. The first-order chi connectivity index (χ1) is 19.5.